The number of carboxylic acids is 1. The standard InChI is InChI=1S/C17H21NO3/c1-11-9-12-5-2-3-8-15(12)18(11)16(19)13-6-4-7-14(10-13)17(20)21/h2-3,5,8,11,13-14H,4,6-7,9-10H2,1H3,(H,20,21). The number of para-hydroxylation sites is 1. The molecule has 1 aliphatic heterocycles. The molecule has 4 heteroatoms. The zero-order valence-corrected chi connectivity index (χ0v) is 12.3. The first kappa shape index (κ1) is 14.1. The third-order valence-electron chi connectivity index (χ3n) is 4.82. The van der Waals surface area contributed by atoms with E-state index < -0.39 is 5.97 Å². The van der Waals surface area contributed by atoms with Crippen molar-refractivity contribution in [3.8, 4) is 0 Å². The molecule has 0 radical (unpaired) electrons. The highest BCUT2D eigenvalue weighted by molar-refractivity contribution is 5.98. The summed E-state index contributed by atoms with van der Waals surface area (Å²) in [6, 6.07) is 8.19. The molecule has 0 bridgehead atoms. The first-order chi connectivity index (χ1) is 10.1. The summed E-state index contributed by atoms with van der Waals surface area (Å²) in [5.74, 6) is -1.16. The second-order valence-electron chi connectivity index (χ2n) is 6.29. The molecule has 1 fully saturated rings. The number of hydrogen-bond donors (Lipinski definition) is 1. The predicted octanol–water partition coefficient (Wildman–Crippen LogP) is 2.86. The molecule has 0 spiro atoms. The Kier molecular flexibility index (Phi) is 3.70. The fraction of sp³-hybridized carbons (Fsp3) is 0.529. The van der Waals surface area contributed by atoms with Gasteiger partial charge in [-0.05, 0) is 44.2 Å². The molecule has 112 valence electrons. The Hall–Kier alpha value is -1.84. The second-order valence-corrected chi connectivity index (χ2v) is 6.29. The number of hydrogen-bond acceptors (Lipinski definition) is 2. The van der Waals surface area contributed by atoms with Crippen LogP contribution in [-0.4, -0.2) is 23.0 Å². The summed E-state index contributed by atoms with van der Waals surface area (Å²) in [6.45, 7) is 2.06. The lowest BCUT2D eigenvalue weighted by molar-refractivity contribution is -0.143. The monoisotopic (exact) mass is 287 g/mol. The zero-order valence-electron chi connectivity index (χ0n) is 12.3. The normalized spacial score (nSPS) is 28.2. The van der Waals surface area contributed by atoms with Gasteiger partial charge in [0.15, 0.2) is 0 Å². The minimum atomic E-state index is -0.762. The van der Waals surface area contributed by atoms with E-state index in [9.17, 15) is 14.7 Å². The number of carbonyl (C=O) groups excluding carboxylic acids is 1. The minimum absolute atomic E-state index is 0.110. The van der Waals surface area contributed by atoms with Crippen molar-refractivity contribution >= 4 is 17.6 Å². The number of aliphatic carboxylic acids is 1. The summed E-state index contributed by atoms with van der Waals surface area (Å²) in [7, 11) is 0. The quantitative estimate of drug-likeness (QED) is 0.910. The second kappa shape index (κ2) is 5.51. The summed E-state index contributed by atoms with van der Waals surface area (Å²) >= 11 is 0. The lowest BCUT2D eigenvalue weighted by Gasteiger charge is -2.31. The molecule has 1 aliphatic carbocycles. The van der Waals surface area contributed by atoms with E-state index in [0.29, 0.717) is 12.8 Å². The maximum atomic E-state index is 12.9. The third kappa shape index (κ3) is 2.55. The minimum Gasteiger partial charge on any atom is -0.481 e. The maximum absolute atomic E-state index is 12.9. The highest BCUT2D eigenvalue weighted by Crippen LogP contribution is 2.37. The fourth-order valence-electron chi connectivity index (χ4n) is 3.74. The summed E-state index contributed by atoms with van der Waals surface area (Å²) in [6.07, 6.45) is 3.72. The molecule has 1 N–H and O–H groups in total. The van der Waals surface area contributed by atoms with Gasteiger partial charge >= 0.3 is 5.97 Å². The first-order valence-electron chi connectivity index (χ1n) is 7.71. The molecule has 1 heterocycles. The van der Waals surface area contributed by atoms with E-state index in [0.717, 1.165) is 24.9 Å². The van der Waals surface area contributed by atoms with Crippen molar-refractivity contribution < 1.29 is 14.7 Å². The Morgan fingerprint density at radius 1 is 1.19 bits per heavy atom. The number of rotatable bonds is 2. The van der Waals surface area contributed by atoms with E-state index in [1.54, 1.807) is 0 Å². The zero-order chi connectivity index (χ0) is 15.0. The van der Waals surface area contributed by atoms with E-state index in [1.165, 1.54) is 5.56 Å². The van der Waals surface area contributed by atoms with Crippen molar-refractivity contribution in [3.63, 3.8) is 0 Å². The van der Waals surface area contributed by atoms with Crippen LogP contribution in [0, 0.1) is 11.8 Å². The largest absolute Gasteiger partial charge is 0.481 e. The number of nitrogens with zero attached hydrogens (tertiary/aromatic N) is 1. The predicted molar refractivity (Wildman–Crippen MR) is 80.2 cm³/mol. The van der Waals surface area contributed by atoms with Crippen LogP contribution in [0.15, 0.2) is 24.3 Å². The van der Waals surface area contributed by atoms with E-state index in [2.05, 4.69) is 13.0 Å². The molecule has 3 atom stereocenters. The summed E-state index contributed by atoms with van der Waals surface area (Å²) < 4.78 is 0. The Morgan fingerprint density at radius 3 is 2.67 bits per heavy atom. The van der Waals surface area contributed by atoms with Crippen LogP contribution < -0.4 is 4.90 Å². The SMILES string of the molecule is CC1Cc2ccccc2N1C(=O)C1CCCC(C(=O)O)C1. The van der Waals surface area contributed by atoms with Gasteiger partial charge in [-0.3, -0.25) is 9.59 Å². The molecule has 1 aromatic carbocycles. The van der Waals surface area contributed by atoms with Crippen LogP contribution in [0.4, 0.5) is 5.69 Å². The van der Waals surface area contributed by atoms with E-state index >= 15 is 0 Å². The molecule has 4 nitrogen and oxygen atoms in total. The van der Waals surface area contributed by atoms with Crippen LogP contribution in [-0.2, 0) is 16.0 Å². The molecular weight excluding hydrogens is 266 g/mol. The maximum Gasteiger partial charge on any atom is 0.306 e. The molecule has 21 heavy (non-hydrogen) atoms. The summed E-state index contributed by atoms with van der Waals surface area (Å²) in [5.41, 5.74) is 2.22. The summed E-state index contributed by atoms with van der Waals surface area (Å²) in [4.78, 5) is 25.9. The van der Waals surface area contributed by atoms with Crippen molar-refractivity contribution in [2.45, 2.75) is 45.1 Å². The van der Waals surface area contributed by atoms with Crippen LogP contribution in [0.3, 0.4) is 0 Å². The smallest absolute Gasteiger partial charge is 0.306 e. The average Bonchev–Trinajstić information content (AvgIpc) is 2.82. The van der Waals surface area contributed by atoms with Crippen molar-refractivity contribution in [1.29, 1.82) is 0 Å². The van der Waals surface area contributed by atoms with Gasteiger partial charge in [-0.15, -0.1) is 0 Å². The summed E-state index contributed by atoms with van der Waals surface area (Å²) in [5, 5.41) is 9.19. The fourth-order valence-corrected chi connectivity index (χ4v) is 3.74. The van der Waals surface area contributed by atoms with Gasteiger partial charge in [-0.25, -0.2) is 0 Å². The molecule has 1 saturated carbocycles. The molecule has 3 rings (SSSR count). The van der Waals surface area contributed by atoms with Crippen LogP contribution in [0.25, 0.3) is 0 Å². The average molecular weight is 287 g/mol. The third-order valence-corrected chi connectivity index (χ3v) is 4.82. The number of carboxylic acid groups (broad SMARTS) is 1. The van der Waals surface area contributed by atoms with Crippen LogP contribution in [0.1, 0.15) is 38.2 Å². The lowest BCUT2D eigenvalue weighted by atomic mass is 9.80. The Balaban J connectivity index is 1.80. The van der Waals surface area contributed by atoms with Gasteiger partial charge in [0.1, 0.15) is 0 Å². The van der Waals surface area contributed by atoms with Crippen LogP contribution in [0.5, 0.6) is 0 Å². The Bertz CT molecular complexity index is 569. The molecule has 3 unspecified atom stereocenters. The van der Waals surface area contributed by atoms with Crippen molar-refractivity contribution in [2.24, 2.45) is 11.8 Å². The Labute approximate surface area is 124 Å². The van der Waals surface area contributed by atoms with Gasteiger partial charge in [-0.2, -0.15) is 0 Å². The van der Waals surface area contributed by atoms with E-state index in [4.69, 9.17) is 0 Å². The number of amides is 1. The highest BCUT2D eigenvalue weighted by Gasteiger charge is 2.38. The molecule has 2 aliphatic rings. The first-order valence-corrected chi connectivity index (χ1v) is 7.71. The van der Waals surface area contributed by atoms with Gasteiger partial charge in [0.25, 0.3) is 0 Å². The Morgan fingerprint density at radius 2 is 1.90 bits per heavy atom. The molecule has 1 aromatic rings. The van der Waals surface area contributed by atoms with Crippen LogP contribution >= 0.6 is 0 Å². The van der Waals surface area contributed by atoms with Gasteiger partial charge < -0.3 is 10.0 Å². The van der Waals surface area contributed by atoms with Crippen LogP contribution in [0.2, 0.25) is 0 Å². The van der Waals surface area contributed by atoms with Gasteiger partial charge in [0.05, 0.1) is 5.92 Å². The van der Waals surface area contributed by atoms with E-state index in [1.807, 2.05) is 23.1 Å². The number of fused-ring (bicyclic) bond motifs is 1. The number of anilines is 1. The van der Waals surface area contributed by atoms with E-state index in [-0.39, 0.29) is 23.8 Å². The van der Waals surface area contributed by atoms with Crippen molar-refractivity contribution in [3.05, 3.63) is 29.8 Å². The molecular formula is C17H21NO3. The van der Waals surface area contributed by atoms with Crippen molar-refractivity contribution in [2.75, 3.05) is 4.90 Å². The van der Waals surface area contributed by atoms with Crippen molar-refractivity contribution in [1.82, 2.24) is 0 Å². The van der Waals surface area contributed by atoms with Gasteiger partial charge in [-0.1, -0.05) is 24.6 Å². The highest BCUT2D eigenvalue weighted by atomic mass is 16.4. The van der Waals surface area contributed by atoms with Gasteiger partial charge in [0.2, 0.25) is 5.91 Å². The number of carbonyl (C=O) groups is 2. The molecule has 1 amide bonds. The topological polar surface area (TPSA) is 57.6 Å². The lowest BCUT2D eigenvalue weighted by Crippen LogP contribution is -2.42. The van der Waals surface area contributed by atoms with Gasteiger partial charge in [0, 0.05) is 17.6 Å². The molecule has 0 saturated heterocycles. The molecule has 0 aromatic heterocycles. The number of benzene rings is 1.